The van der Waals surface area contributed by atoms with E-state index in [4.69, 9.17) is 11.6 Å². The lowest BCUT2D eigenvalue weighted by Crippen LogP contribution is -2.13. The zero-order valence-corrected chi connectivity index (χ0v) is 11.3. The third-order valence-electron chi connectivity index (χ3n) is 2.87. The van der Waals surface area contributed by atoms with Crippen LogP contribution < -0.4 is 5.32 Å². The van der Waals surface area contributed by atoms with Crippen LogP contribution in [0.1, 0.15) is 27.3 Å². The number of aromatic nitrogens is 2. The molecular weight excluding hydrogens is 289 g/mol. The molecule has 1 aliphatic rings. The number of nitrogens with zero attached hydrogens (tertiary/aromatic N) is 2. The van der Waals surface area contributed by atoms with Crippen LogP contribution >= 0.6 is 22.9 Å². The van der Waals surface area contributed by atoms with Crippen molar-refractivity contribution in [2.24, 2.45) is 0 Å². The van der Waals surface area contributed by atoms with Crippen molar-refractivity contribution in [2.75, 3.05) is 5.32 Å². The molecule has 7 heteroatoms. The molecule has 0 radical (unpaired) electrons. The van der Waals surface area contributed by atoms with Crippen LogP contribution in [0.25, 0.3) is 0 Å². The molecule has 0 spiro atoms. The summed E-state index contributed by atoms with van der Waals surface area (Å²) in [6, 6.07) is 1.06. The number of thiazole rings is 1. The van der Waals surface area contributed by atoms with Crippen LogP contribution in [-0.4, -0.2) is 15.9 Å². The summed E-state index contributed by atoms with van der Waals surface area (Å²) in [5.41, 5.74) is 1.06. The molecule has 0 bridgehead atoms. The second-order valence-corrected chi connectivity index (χ2v) is 5.63. The van der Waals surface area contributed by atoms with Crippen LogP contribution in [0.3, 0.4) is 0 Å². The lowest BCUT2D eigenvalue weighted by molar-refractivity contribution is 0.102. The van der Waals surface area contributed by atoms with Gasteiger partial charge in [0.15, 0.2) is 5.13 Å². The summed E-state index contributed by atoms with van der Waals surface area (Å²) in [5.74, 6) is -1.10. The SMILES string of the molecule is O=C(Nc1nc2c(s1)CCC2)c1cc(F)cnc1Cl. The second-order valence-electron chi connectivity index (χ2n) is 4.19. The number of aryl methyl sites for hydroxylation is 2. The molecule has 0 fully saturated rings. The van der Waals surface area contributed by atoms with Gasteiger partial charge in [-0.1, -0.05) is 11.6 Å². The van der Waals surface area contributed by atoms with E-state index in [0.29, 0.717) is 5.13 Å². The normalized spacial score (nSPS) is 13.4. The van der Waals surface area contributed by atoms with E-state index >= 15 is 0 Å². The molecule has 2 aromatic heterocycles. The Kier molecular flexibility index (Phi) is 3.20. The number of amides is 1. The summed E-state index contributed by atoms with van der Waals surface area (Å²) in [6.45, 7) is 0. The van der Waals surface area contributed by atoms with Gasteiger partial charge in [0.1, 0.15) is 11.0 Å². The van der Waals surface area contributed by atoms with Crippen molar-refractivity contribution in [3.05, 3.63) is 39.4 Å². The molecule has 4 nitrogen and oxygen atoms in total. The van der Waals surface area contributed by atoms with E-state index in [2.05, 4.69) is 15.3 Å². The van der Waals surface area contributed by atoms with Gasteiger partial charge in [-0.3, -0.25) is 10.1 Å². The van der Waals surface area contributed by atoms with Crippen LogP contribution in [0.4, 0.5) is 9.52 Å². The van der Waals surface area contributed by atoms with Gasteiger partial charge < -0.3 is 0 Å². The third kappa shape index (κ3) is 2.46. The van der Waals surface area contributed by atoms with Crippen molar-refractivity contribution in [1.82, 2.24) is 9.97 Å². The Labute approximate surface area is 117 Å². The van der Waals surface area contributed by atoms with Gasteiger partial charge in [0.25, 0.3) is 5.91 Å². The molecule has 2 aromatic rings. The number of anilines is 1. The Hall–Kier alpha value is -1.53. The van der Waals surface area contributed by atoms with Gasteiger partial charge in [-0.25, -0.2) is 14.4 Å². The van der Waals surface area contributed by atoms with Gasteiger partial charge in [0, 0.05) is 4.88 Å². The first-order valence-electron chi connectivity index (χ1n) is 5.74. The van der Waals surface area contributed by atoms with Crippen LogP contribution in [0.5, 0.6) is 0 Å². The molecule has 0 saturated heterocycles. The van der Waals surface area contributed by atoms with Gasteiger partial charge in [-0.15, -0.1) is 11.3 Å². The highest BCUT2D eigenvalue weighted by molar-refractivity contribution is 7.16. The number of carbonyl (C=O) groups is 1. The predicted molar refractivity (Wildman–Crippen MR) is 71.3 cm³/mol. The number of hydrogen-bond acceptors (Lipinski definition) is 4. The largest absolute Gasteiger partial charge is 0.298 e. The van der Waals surface area contributed by atoms with Crippen molar-refractivity contribution in [3.8, 4) is 0 Å². The Morgan fingerprint density at radius 1 is 1.47 bits per heavy atom. The van der Waals surface area contributed by atoms with E-state index in [1.807, 2.05) is 0 Å². The van der Waals surface area contributed by atoms with Crippen molar-refractivity contribution in [3.63, 3.8) is 0 Å². The van der Waals surface area contributed by atoms with Crippen molar-refractivity contribution in [1.29, 1.82) is 0 Å². The van der Waals surface area contributed by atoms with Crippen molar-refractivity contribution >= 4 is 34.0 Å². The molecule has 1 aliphatic carbocycles. The first kappa shape index (κ1) is 12.5. The van der Waals surface area contributed by atoms with E-state index in [1.54, 1.807) is 0 Å². The first-order chi connectivity index (χ1) is 9.13. The highest BCUT2D eigenvalue weighted by atomic mass is 35.5. The standard InChI is InChI=1S/C12H9ClFN3OS/c13-10-7(4-6(14)5-15-10)11(18)17-12-16-8-2-1-3-9(8)19-12/h4-5H,1-3H2,(H,16,17,18). The summed E-state index contributed by atoms with van der Waals surface area (Å²) in [5, 5.41) is 3.13. The lowest BCUT2D eigenvalue weighted by Gasteiger charge is -2.03. The van der Waals surface area contributed by atoms with E-state index in [1.165, 1.54) is 16.2 Å². The smallest absolute Gasteiger partial charge is 0.260 e. The van der Waals surface area contributed by atoms with Gasteiger partial charge in [-0.2, -0.15) is 0 Å². The van der Waals surface area contributed by atoms with Gasteiger partial charge in [0.05, 0.1) is 17.5 Å². The van der Waals surface area contributed by atoms with Crippen molar-refractivity contribution < 1.29 is 9.18 Å². The lowest BCUT2D eigenvalue weighted by atomic mass is 10.2. The maximum atomic E-state index is 13.1. The minimum absolute atomic E-state index is 0.0111. The summed E-state index contributed by atoms with van der Waals surface area (Å²) < 4.78 is 13.1. The number of pyridine rings is 1. The Morgan fingerprint density at radius 3 is 3.11 bits per heavy atom. The first-order valence-corrected chi connectivity index (χ1v) is 6.94. The fourth-order valence-corrected chi connectivity index (χ4v) is 3.22. The van der Waals surface area contributed by atoms with E-state index in [9.17, 15) is 9.18 Å². The van der Waals surface area contributed by atoms with Crippen molar-refractivity contribution in [2.45, 2.75) is 19.3 Å². The molecule has 1 amide bonds. The number of carbonyl (C=O) groups excluding carboxylic acids is 1. The minimum atomic E-state index is -0.601. The van der Waals surface area contributed by atoms with Crippen LogP contribution in [-0.2, 0) is 12.8 Å². The number of hydrogen-bond donors (Lipinski definition) is 1. The molecular formula is C12H9ClFN3OS. The Morgan fingerprint density at radius 2 is 2.32 bits per heavy atom. The van der Waals surface area contributed by atoms with Crippen LogP contribution in [0, 0.1) is 5.82 Å². The Balaban J connectivity index is 1.82. The molecule has 2 heterocycles. The number of nitrogens with one attached hydrogen (secondary N) is 1. The number of rotatable bonds is 2. The highest BCUT2D eigenvalue weighted by Crippen LogP contribution is 2.30. The average molecular weight is 298 g/mol. The van der Waals surface area contributed by atoms with E-state index in [-0.39, 0.29) is 10.7 Å². The summed E-state index contributed by atoms with van der Waals surface area (Å²) in [7, 11) is 0. The molecule has 0 atom stereocenters. The summed E-state index contributed by atoms with van der Waals surface area (Å²) in [4.78, 5) is 21.1. The molecule has 1 N–H and O–H groups in total. The highest BCUT2D eigenvalue weighted by Gasteiger charge is 2.19. The molecule has 0 aliphatic heterocycles. The predicted octanol–water partition coefficient (Wildman–Crippen LogP) is 3.07. The van der Waals surface area contributed by atoms with E-state index in [0.717, 1.165) is 37.2 Å². The Bertz CT molecular complexity index is 637. The van der Waals surface area contributed by atoms with Gasteiger partial charge >= 0.3 is 0 Å². The van der Waals surface area contributed by atoms with Crippen LogP contribution in [0.2, 0.25) is 5.15 Å². The van der Waals surface area contributed by atoms with Gasteiger partial charge in [0.2, 0.25) is 0 Å². The average Bonchev–Trinajstić information content (AvgIpc) is 2.92. The van der Waals surface area contributed by atoms with E-state index < -0.39 is 11.7 Å². The number of fused-ring (bicyclic) bond motifs is 1. The summed E-state index contributed by atoms with van der Waals surface area (Å²) >= 11 is 7.23. The minimum Gasteiger partial charge on any atom is -0.298 e. The maximum Gasteiger partial charge on any atom is 0.260 e. The topological polar surface area (TPSA) is 54.9 Å². The van der Waals surface area contributed by atoms with Gasteiger partial charge in [-0.05, 0) is 25.3 Å². The monoisotopic (exact) mass is 297 g/mol. The zero-order valence-electron chi connectivity index (χ0n) is 9.74. The fourth-order valence-electron chi connectivity index (χ4n) is 1.99. The quantitative estimate of drug-likeness (QED) is 0.867. The third-order valence-corrected chi connectivity index (χ3v) is 4.24. The summed E-state index contributed by atoms with van der Waals surface area (Å²) in [6.07, 6.45) is 4.04. The molecule has 3 rings (SSSR count). The molecule has 0 unspecified atom stereocenters. The zero-order chi connectivity index (χ0) is 13.4. The fraction of sp³-hybridized carbons (Fsp3) is 0.250. The molecule has 0 aromatic carbocycles. The second kappa shape index (κ2) is 4.86. The van der Waals surface area contributed by atoms with Crippen LogP contribution in [0.15, 0.2) is 12.3 Å². The molecule has 0 saturated carbocycles. The molecule has 98 valence electrons. The maximum absolute atomic E-state index is 13.1. The number of halogens is 2. The molecule has 19 heavy (non-hydrogen) atoms.